The third-order valence-corrected chi connectivity index (χ3v) is 15.4. The molecule has 0 spiro atoms. The van der Waals surface area contributed by atoms with Gasteiger partial charge in [-0.3, -0.25) is 0 Å². The Labute approximate surface area is 468 Å². The number of alkyl halides is 26. The Balaban J connectivity index is 1.05. The molecule has 0 unspecified atom stereocenters. The maximum Gasteiger partial charge on any atom is 0.460 e. The summed E-state index contributed by atoms with van der Waals surface area (Å²) >= 11 is 2.52. The van der Waals surface area contributed by atoms with Gasteiger partial charge in [0.2, 0.25) is 11.9 Å². The van der Waals surface area contributed by atoms with Gasteiger partial charge in [0.05, 0.1) is 0 Å². The van der Waals surface area contributed by atoms with E-state index >= 15 is 17.6 Å². The third kappa shape index (κ3) is 10.1. The van der Waals surface area contributed by atoms with Crippen LogP contribution in [0.2, 0.25) is 0 Å². The van der Waals surface area contributed by atoms with Crippen molar-refractivity contribution in [3.63, 3.8) is 0 Å². The largest absolute Gasteiger partial charge is 0.460 e. The second-order valence-electron chi connectivity index (χ2n) is 18.7. The summed E-state index contributed by atoms with van der Waals surface area (Å²) in [4.78, 5) is 25.4. The molecule has 5 heterocycles. The van der Waals surface area contributed by atoms with Crippen molar-refractivity contribution in [2.75, 3.05) is 49.2 Å². The van der Waals surface area contributed by atoms with Crippen LogP contribution in [0.3, 0.4) is 0 Å². The van der Waals surface area contributed by atoms with E-state index in [4.69, 9.17) is 0 Å². The predicted molar refractivity (Wildman–Crippen MR) is 253 cm³/mol. The van der Waals surface area contributed by atoms with Gasteiger partial charge in [0.15, 0.2) is 24.9 Å². The number of fused-ring (bicyclic) bond motifs is 6. The van der Waals surface area contributed by atoms with Crippen LogP contribution in [0.5, 0.6) is 12.0 Å². The van der Waals surface area contributed by atoms with Crippen molar-refractivity contribution in [3.8, 4) is 34.8 Å². The Bertz CT molecular complexity index is 3620. The molecular weight excluding hydrogens is 1280 g/mol. The van der Waals surface area contributed by atoms with Gasteiger partial charge in [0.1, 0.15) is 0 Å². The quantitative estimate of drug-likeness (QED) is 0.0772. The molecule has 464 valence electrons. The lowest BCUT2D eigenvalue weighted by Gasteiger charge is -2.39. The normalized spacial score (nSPS) is 15.4. The van der Waals surface area contributed by atoms with Crippen LogP contribution in [0, 0.1) is 0 Å². The van der Waals surface area contributed by atoms with Crippen LogP contribution in [0.25, 0.3) is 63.1 Å². The highest BCUT2D eigenvalue weighted by Gasteiger charge is 2.92. The summed E-state index contributed by atoms with van der Waals surface area (Å²) < 4.78 is 375. The average molecular weight is 1300 g/mol. The highest BCUT2D eigenvalue weighted by molar-refractivity contribution is 7.26. The molecule has 10 nitrogen and oxygen atoms in total. The summed E-state index contributed by atoms with van der Waals surface area (Å²) in [5.41, 5.74) is -0.158. The first-order valence-electron chi connectivity index (χ1n) is 23.4. The van der Waals surface area contributed by atoms with Crippen molar-refractivity contribution in [2.24, 2.45) is 0 Å². The maximum absolute atomic E-state index is 15.1. The van der Waals surface area contributed by atoms with Crippen LogP contribution >= 0.6 is 22.7 Å². The van der Waals surface area contributed by atoms with Crippen LogP contribution < -0.4 is 19.3 Å². The van der Waals surface area contributed by atoms with Gasteiger partial charge in [-0.1, -0.05) is 36.4 Å². The first kappa shape index (κ1) is 63.2. The van der Waals surface area contributed by atoms with Crippen LogP contribution in [0.1, 0.15) is 0 Å². The van der Waals surface area contributed by atoms with E-state index < -0.39 is 147 Å². The maximum atomic E-state index is 15.1. The smallest absolute Gasteiger partial charge is 0.457 e. The number of anilines is 2. The van der Waals surface area contributed by atoms with Gasteiger partial charge in [-0.2, -0.15) is 144 Å². The number of rotatable bonds is 18. The second kappa shape index (κ2) is 20.7. The van der Waals surface area contributed by atoms with E-state index in [9.17, 15) is 96.6 Å². The molecule has 4 aromatic carbocycles. The zero-order valence-corrected chi connectivity index (χ0v) is 43.0. The third-order valence-electron chi connectivity index (χ3n) is 13.1. The number of halogens is 26. The standard InChI is InChI=1S/C48H26F26N8O2S2/c49-37(50,39(53,54)41(57,58)43(61,62)45(65,66)47(69,70)71)19-83-35-77-31(21-9-11-29-25(17-21)23-5-1-3-7-27(23)85-29)75-33(79-35)81-13-15-82(16-14-81)34-76-32(22-10-12-30-26(18-22)24-6-2-4-8-28(24)86-30)78-36(80-34)84-20-38(51,52)40(55,56)42(59,60)44(63,64)46(67,68)48(72,73)74/h1-12,17-18H,13-16,19-20H2. The van der Waals surface area contributed by atoms with Gasteiger partial charge in [-0.05, 0) is 48.5 Å². The number of piperazine rings is 1. The lowest BCUT2D eigenvalue weighted by molar-refractivity contribution is -0.440. The number of ether oxygens (including phenoxy) is 2. The Morgan fingerprint density at radius 1 is 0.337 bits per heavy atom. The zero-order chi connectivity index (χ0) is 63.6. The Morgan fingerprint density at radius 2 is 0.640 bits per heavy atom. The van der Waals surface area contributed by atoms with Crippen molar-refractivity contribution in [3.05, 3.63) is 84.9 Å². The van der Waals surface area contributed by atoms with Gasteiger partial charge >= 0.3 is 83.6 Å². The number of aromatic nitrogens is 6. The van der Waals surface area contributed by atoms with Crippen molar-refractivity contribution in [1.29, 1.82) is 0 Å². The predicted octanol–water partition coefficient (Wildman–Crippen LogP) is 15.7. The Kier molecular flexibility index (Phi) is 15.2. The van der Waals surface area contributed by atoms with Gasteiger partial charge < -0.3 is 19.3 Å². The highest BCUT2D eigenvalue weighted by atomic mass is 32.1. The molecule has 1 fully saturated rings. The topological polar surface area (TPSA) is 102 Å². The summed E-state index contributed by atoms with van der Waals surface area (Å²) in [6.45, 7) is -8.52. The van der Waals surface area contributed by atoms with Gasteiger partial charge in [-0.25, -0.2) is 0 Å². The molecule has 9 rings (SSSR count). The molecule has 0 bridgehead atoms. The number of nitrogens with zero attached hydrogens (tertiary/aromatic N) is 8. The van der Waals surface area contributed by atoms with E-state index in [1.165, 1.54) is 59.1 Å². The molecule has 4 aromatic heterocycles. The molecule has 86 heavy (non-hydrogen) atoms. The summed E-state index contributed by atoms with van der Waals surface area (Å²) in [5.74, 6) is -80.7. The molecule has 0 aliphatic carbocycles. The summed E-state index contributed by atoms with van der Waals surface area (Å²) in [6.07, 6.45) is -15.4. The van der Waals surface area contributed by atoms with Crippen molar-refractivity contribution >= 4 is 74.9 Å². The SMILES string of the molecule is FC(F)(F)C(F)(F)C(F)(F)C(F)(F)C(F)(F)C(F)(F)COc1nc(-c2ccc3sc4ccccc4c3c2)nc(N2CCN(c3nc(OCC(F)(F)C(F)(F)C(F)(F)C(F)(F)C(F)(F)C(F)(F)F)nc(-c4ccc5sc6ccccc6c5c4)n3)CC2)n1. The first-order valence-corrected chi connectivity index (χ1v) is 25.1. The fourth-order valence-corrected chi connectivity index (χ4v) is 10.5. The molecule has 8 aromatic rings. The van der Waals surface area contributed by atoms with E-state index in [0.717, 1.165) is 9.80 Å². The van der Waals surface area contributed by atoms with Gasteiger partial charge in [0.25, 0.3) is 0 Å². The average Bonchev–Trinajstić information content (AvgIpc) is 1.04. The second-order valence-corrected chi connectivity index (χ2v) is 20.8. The van der Waals surface area contributed by atoms with Crippen molar-refractivity contribution < 1.29 is 124 Å². The van der Waals surface area contributed by atoms with Crippen molar-refractivity contribution in [1.82, 2.24) is 29.9 Å². The number of benzene rings is 4. The van der Waals surface area contributed by atoms with Crippen LogP contribution in [-0.2, 0) is 0 Å². The molecule has 1 aliphatic heterocycles. The summed E-state index contributed by atoms with van der Waals surface area (Å²) in [7, 11) is 0. The molecule has 1 saturated heterocycles. The molecule has 0 atom stereocenters. The lowest BCUT2D eigenvalue weighted by Crippen LogP contribution is -2.70. The number of hydrogen-bond acceptors (Lipinski definition) is 12. The first-order chi connectivity index (χ1) is 39.4. The van der Waals surface area contributed by atoms with Crippen LogP contribution in [0.4, 0.5) is 126 Å². The molecular formula is C48H26F26N8O2S2. The fraction of sp³-hybridized carbons (Fsp3) is 0.375. The van der Waals surface area contributed by atoms with Crippen LogP contribution in [-0.4, -0.2) is 141 Å². The van der Waals surface area contributed by atoms with E-state index in [-0.39, 0.29) is 11.1 Å². The molecule has 0 amide bonds. The van der Waals surface area contributed by atoms with E-state index in [0.29, 0.717) is 40.3 Å². The summed E-state index contributed by atoms with van der Waals surface area (Å²) in [5, 5.41) is 2.15. The van der Waals surface area contributed by atoms with E-state index in [2.05, 4.69) is 39.4 Å². The highest BCUT2D eigenvalue weighted by Crippen LogP contribution is 2.62. The summed E-state index contributed by atoms with van der Waals surface area (Å²) in [6, 6.07) is 18.6. The zero-order valence-electron chi connectivity index (χ0n) is 41.4. The lowest BCUT2D eigenvalue weighted by atomic mass is 9.94. The molecule has 0 radical (unpaired) electrons. The van der Waals surface area contributed by atoms with Crippen LogP contribution in [0.15, 0.2) is 84.9 Å². The monoisotopic (exact) mass is 1300 g/mol. The molecule has 1 aliphatic rings. The fourth-order valence-electron chi connectivity index (χ4n) is 8.29. The number of thiophene rings is 2. The minimum atomic E-state index is -8.23. The van der Waals surface area contributed by atoms with E-state index in [1.807, 2.05) is 0 Å². The van der Waals surface area contributed by atoms with Gasteiger partial charge in [0, 0.05) is 77.7 Å². The minimum absolute atomic E-state index is 0.0789. The molecule has 0 N–H and O–H groups in total. The minimum Gasteiger partial charge on any atom is -0.457 e. The van der Waals surface area contributed by atoms with E-state index in [1.54, 1.807) is 48.5 Å². The van der Waals surface area contributed by atoms with Gasteiger partial charge in [-0.15, -0.1) is 22.7 Å². The Hall–Kier alpha value is -7.28. The number of hydrogen-bond donors (Lipinski definition) is 0. The Morgan fingerprint density at radius 3 is 0.965 bits per heavy atom. The molecule has 38 heteroatoms. The van der Waals surface area contributed by atoms with Crippen molar-refractivity contribution in [2.45, 2.75) is 71.6 Å². The molecule has 0 saturated carbocycles.